The van der Waals surface area contributed by atoms with Gasteiger partial charge in [-0.25, -0.2) is 0 Å². The Morgan fingerprint density at radius 1 is 1.15 bits per heavy atom. The fourth-order valence-electron chi connectivity index (χ4n) is 2.34. The van der Waals surface area contributed by atoms with Gasteiger partial charge < -0.3 is 4.74 Å². The topological polar surface area (TPSA) is 24.5 Å². The van der Waals surface area contributed by atoms with Crippen LogP contribution in [-0.4, -0.2) is 31.3 Å². The van der Waals surface area contributed by atoms with E-state index in [1.54, 1.807) is 0 Å². The lowest BCUT2D eigenvalue weighted by atomic mass is 10.1. The van der Waals surface area contributed by atoms with Crippen LogP contribution in [0.4, 0.5) is 0 Å². The first kappa shape index (κ1) is 17.2. The maximum absolute atomic E-state index is 6.15. The minimum atomic E-state index is 0.254. The minimum absolute atomic E-state index is 0.254. The van der Waals surface area contributed by atoms with E-state index in [4.69, 9.17) is 4.74 Å². The van der Waals surface area contributed by atoms with Gasteiger partial charge in [0.05, 0.1) is 12.7 Å². The zero-order valence-electron chi connectivity index (χ0n) is 13.4. The second-order valence-corrected chi connectivity index (χ2v) is 5.64. The third-order valence-electron chi connectivity index (χ3n) is 3.42. The lowest BCUT2D eigenvalue weighted by Crippen LogP contribution is -2.45. The summed E-state index contributed by atoms with van der Waals surface area (Å²) in [6.45, 7) is 5.13. The van der Waals surface area contributed by atoms with Crippen LogP contribution in [0.1, 0.15) is 45.1 Å². The molecule has 3 heteroatoms. The Hall–Kier alpha value is -0.900. The van der Waals surface area contributed by atoms with Gasteiger partial charge in [-0.2, -0.15) is 0 Å². The molecule has 0 spiro atoms. The molecule has 0 radical (unpaired) electrons. The number of ether oxygens (including phenoxy) is 1. The highest BCUT2D eigenvalue weighted by atomic mass is 16.5. The van der Waals surface area contributed by atoms with E-state index in [1.165, 1.54) is 24.8 Å². The van der Waals surface area contributed by atoms with E-state index >= 15 is 0 Å². The lowest BCUT2D eigenvalue weighted by Gasteiger charge is -2.28. The first-order valence-electron chi connectivity index (χ1n) is 7.72. The summed E-state index contributed by atoms with van der Waals surface area (Å²) in [4.78, 5) is 0. The van der Waals surface area contributed by atoms with Crippen molar-refractivity contribution in [3.8, 4) is 0 Å². The van der Waals surface area contributed by atoms with Gasteiger partial charge in [-0.3, -0.25) is 10.4 Å². The molecule has 20 heavy (non-hydrogen) atoms. The summed E-state index contributed by atoms with van der Waals surface area (Å²) < 4.78 is 6.15. The molecule has 0 aliphatic heterocycles. The molecule has 0 bridgehead atoms. The number of nitrogens with one attached hydrogen (secondary N) is 1. The predicted octanol–water partition coefficient (Wildman–Crippen LogP) is 3.61. The summed E-state index contributed by atoms with van der Waals surface area (Å²) >= 11 is 0. The first-order valence-corrected chi connectivity index (χ1v) is 7.72. The number of hydrogen-bond acceptors (Lipinski definition) is 3. The average molecular weight is 278 g/mol. The number of rotatable bonds is 10. The molecule has 0 saturated carbocycles. The van der Waals surface area contributed by atoms with Crippen LogP contribution >= 0.6 is 0 Å². The van der Waals surface area contributed by atoms with Crippen molar-refractivity contribution >= 4 is 0 Å². The van der Waals surface area contributed by atoms with Gasteiger partial charge in [-0.1, -0.05) is 56.5 Å². The Labute approximate surface area is 124 Å². The SMILES string of the molecule is CCCCC[C@H](OCc1ccccc1)[C@H](C)NN(C)C. The zero-order chi connectivity index (χ0) is 14.8. The van der Waals surface area contributed by atoms with Crippen molar-refractivity contribution < 1.29 is 4.74 Å². The van der Waals surface area contributed by atoms with Gasteiger partial charge in [0.25, 0.3) is 0 Å². The molecule has 1 rings (SSSR count). The van der Waals surface area contributed by atoms with Crippen LogP contribution in [0.15, 0.2) is 30.3 Å². The van der Waals surface area contributed by atoms with Gasteiger partial charge in [-0.15, -0.1) is 0 Å². The highest BCUT2D eigenvalue weighted by molar-refractivity contribution is 5.13. The maximum atomic E-state index is 6.15. The summed E-state index contributed by atoms with van der Waals surface area (Å²) in [5, 5.41) is 2.00. The van der Waals surface area contributed by atoms with E-state index < -0.39 is 0 Å². The first-order chi connectivity index (χ1) is 9.63. The molecular weight excluding hydrogens is 248 g/mol. The largest absolute Gasteiger partial charge is 0.372 e. The Bertz CT molecular complexity index is 340. The molecular formula is C17H30N2O. The standard InChI is InChI=1S/C17H30N2O/c1-5-6-8-13-17(15(2)18-19(3)4)20-14-16-11-9-7-10-12-16/h7,9-12,15,17-18H,5-6,8,13-14H2,1-4H3/t15-,17-/m0/s1. The Kier molecular flexibility index (Phi) is 8.51. The molecule has 0 amide bonds. The summed E-state index contributed by atoms with van der Waals surface area (Å²) in [6, 6.07) is 10.7. The summed E-state index contributed by atoms with van der Waals surface area (Å²) in [6.07, 6.45) is 5.13. The molecule has 1 aromatic rings. The van der Waals surface area contributed by atoms with Crippen molar-refractivity contribution in [2.75, 3.05) is 14.1 Å². The van der Waals surface area contributed by atoms with E-state index in [0.29, 0.717) is 12.6 Å². The zero-order valence-corrected chi connectivity index (χ0v) is 13.4. The monoisotopic (exact) mass is 278 g/mol. The molecule has 0 aromatic heterocycles. The molecule has 0 aliphatic rings. The molecule has 114 valence electrons. The molecule has 0 fully saturated rings. The van der Waals surface area contributed by atoms with Crippen molar-refractivity contribution in [3.05, 3.63) is 35.9 Å². The summed E-state index contributed by atoms with van der Waals surface area (Å²) in [5.41, 5.74) is 4.66. The molecule has 0 saturated heterocycles. The van der Waals surface area contributed by atoms with Crippen LogP contribution in [0.2, 0.25) is 0 Å². The van der Waals surface area contributed by atoms with E-state index in [0.717, 1.165) is 6.42 Å². The van der Waals surface area contributed by atoms with Crippen LogP contribution in [0.25, 0.3) is 0 Å². The Morgan fingerprint density at radius 2 is 1.85 bits per heavy atom. The lowest BCUT2D eigenvalue weighted by molar-refractivity contribution is -0.00271. The molecule has 3 nitrogen and oxygen atoms in total. The van der Waals surface area contributed by atoms with Gasteiger partial charge in [0.1, 0.15) is 0 Å². The van der Waals surface area contributed by atoms with Crippen LogP contribution < -0.4 is 5.43 Å². The molecule has 0 unspecified atom stereocenters. The van der Waals surface area contributed by atoms with Crippen molar-refractivity contribution in [2.45, 2.75) is 58.3 Å². The molecule has 2 atom stereocenters. The molecule has 1 aromatic carbocycles. The van der Waals surface area contributed by atoms with Crippen LogP contribution in [0, 0.1) is 0 Å². The van der Waals surface area contributed by atoms with Crippen molar-refractivity contribution in [1.82, 2.24) is 10.4 Å². The number of nitrogens with zero attached hydrogens (tertiary/aromatic N) is 1. The second kappa shape index (κ2) is 9.92. The number of hydrazine groups is 1. The third kappa shape index (κ3) is 7.04. The maximum Gasteiger partial charge on any atom is 0.0743 e. The van der Waals surface area contributed by atoms with Gasteiger partial charge >= 0.3 is 0 Å². The van der Waals surface area contributed by atoms with Crippen LogP contribution in [0.5, 0.6) is 0 Å². The Morgan fingerprint density at radius 3 is 2.45 bits per heavy atom. The average Bonchev–Trinajstić information content (AvgIpc) is 2.43. The molecule has 0 heterocycles. The molecule has 0 aliphatic carbocycles. The fraction of sp³-hybridized carbons (Fsp3) is 0.647. The van der Waals surface area contributed by atoms with E-state index in [1.807, 2.05) is 25.2 Å². The van der Waals surface area contributed by atoms with Crippen LogP contribution in [-0.2, 0) is 11.3 Å². The Balaban J connectivity index is 2.48. The van der Waals surface area contributed by atoms with Gasteiger partial charge in [0.15, 0.2) is 0 Å². The normalized spacial score (nSPS) is 14.4. The smallest absolute Gasteiger partial charge is 0.0743 e. The second-order valence-electron chi connectivity index (χ2n) is 5.64. The molecule has 1 N–H and O–H groups in total. The van der Waals surface area contributed by atoms with Crippen LogP contribution in [0.3, 0.4) is 0 Å². The highest BCUT2D eigenvalue weighted by Crippen LogP contribution is 2.13. The number of benzene rings is 1. The minimum Gasteiger partial charge on any atom is -0.372 e. The van der Waals surface area contributed by atoms with E-state index in [-0.39, 0.29) is 6.10 Å². The van der Waals surface area contributed by atoms with Crippen molar-refractivity contribution in [2.24, 2.45) is 0 Å². The predicted molar refractivity (Wildman–Crippen MR) is 85.4 cm³/mol. The van der Waals surface area contributed by atoms with Crippen molar-refractivity contribution in [3.63, 3.8) is 0 Å². The third-order valence-corrected chi connectivity index (χ3v) is 3.42. The van der Waals surface area contributed by atoms with Gasteiger partial charge in [0.2, 0.25) is 0 Å². The van der Waals surface area contributed by atoms with Crippen molar-refractivity contribution in [1.29, 1.82) is 0 Å². The van der Waals surface area contributed by atoms with E-state index in [9.17, 15) is 0 Å². The van der Waals surface area contributed by atoms with Gasteiger partial charge in [0, 0.05) is 20.1 Å². The fourth-order valence-corrected chi connectivity index (χ4v) is 2.34. The number of unbranched alkanes of at least 4 members (excludes halogenated alkanes) is 2. The van der Waals surface area contributed by atoms with E-state index in [2.05, 4.69) is 43.5 Å². The highest BCUT2D eigenvalue weighted by Gasteiger charge is 2.18. The summed E-state index contributed by atoms with van der Waals surface area (Å²) in [5.74, 6) is 0. The number of hydrogen-bond donors (Lipinski definition) is 1. The quantitative estimate of drug-likeness (QED) is 0.523. The summed E-state index contributed by atoms with van der Waals surface area (Å²) in [7, 11) is 4.05. The van der Waals surface area contributed by atoms with Gasteiger partial charge in [-0.05, 0) is 18.9 Å².